The molecule has 1 fully saturated rings. The van der Waals surface area contributed by atoms with E-state index >= 15 is 0 Å². The summed E-state index contributed by atoms with van der Waals surface area (Å²) in [5.41, 5.74) is 0.922. The first kappa shape index (κ1) is 12.9. The molecule has 2 rings (SSSR count). The molecule has 1 aliphatic rings. The maximum absolute atomic E-state index is 12.0. The molecule has 0 saturated carbocycles. The van der Waals surface area contributed by atoms with Gasteiger partial charge in [0.2, 0.25) is 10.0 Å². The lowest BCUT2D eigenvalue weighted by molar-refractivity contribution is 0.0697. The van der Waals surface area contributed by atoms with E-state index in [0.717, 1.165) is 6.42 Å². The van der Waals surface area contributed by atoms with E-state index in [1.807, 2.05) is 0 Å². The molecule has 98 valence electrons. The van der Waals surface area contributed by atoms with E-state index in [-0.39, 0.29) is 17.0 Å². The number of aryl methyl sites for hydroxylation is 1. The molecule has 1 aromatic carbocycles. The smallest absolute Gasteiger partial charge is 0.338 e. The maximum Gasteiger partial charge on any atom is 0.338 e. The van der Waals surface area contributed by atoms with Crippen LogP contribution < -0.4 is 4.31 Å². The summed E-state index contributed by atoms with van der Waals surface area (Å²) in [6, 6.07) is 4.91. The average Bonchev–Trinajstić information content (AvgIpc) is 2.27. The molecule has 0 aliphatic carbocycles. The van der Waals surface area contributed by atoms with Crippen LogP contribution in [0, 0.1) is 6.92 Å². The zero-order valence-electron chi connectivity index (χ0n) is 10.1. The fraction of sp³-hybridized carbons (Fsp3) is 0.417. The van der Waals surface area contributed by atoms with Crippen molar-refractivity contribution < 1.29 is 18.3 Å². The number of carbonyl (C=O) groups is 1. The van der Waals surface area contributed by atoms with Gasteiger partial charge in [0.05, 0.1) is 17.0 Å². The quantitative estimate of drug-likeness (QED) is 0.885. The third-order valence-electron chi connectivity index (χ3n) is 3.08. The van der Waals surface area contributed by atoms with Crippen LogP contribution >= 0.6 is 0 Å². The van der Waals surface area contributed by atoms with Crippen LogP contribution in [0.25, 0.3) is 0 Å². The Bertz CT molecular complexity index is 580. The largest absolute Gasteiger partial charge is 0.478 e. The van der Waals surface area contributed by atoms with E-state index in [4.69, 9.17) is 0 Å². The van der Waals surface area contributed by atoms with Gasteiger partial charge >= 0.3 is 5.97 Å². The second-order valence-corrected chi connectivity index (χ2v) is 6.38. The molecule has 1 saturated heterocycles. The molecule has 1 heterocycles. The standard InChI is InChI=1S/C12H15NO4S/c1-9-5-4-6-10(11(9)12(14)15)13-7-2-3-8-18(13,16)17/h4-6H,2-3,7-8H2,1H3,(H,14,15). The highest BCUT2D eigenvalue weighted by molar-refractivity contribution is 7.92. The second kappa shape index (κ2) is 4.61. The van der Waals surface area contributed by atoms with E-state index in [1.165, 1.54) is 4.31 Å². The Hall–Kier alpha value is -1.56. The van der Waals surface area contributed by atoms with Gasteiger partial charge in [0, 0.05) is 6.54 Å². The number of hydrogen-bond acceptors (Lipinski definition) is 3. The summed E-state index contributed by atoms with van der Waals surface area (Å²) in [6.45, 7) is 2.02. The van der Waals surface area contributed by atoms with Crippen LogP contribution in [0.1, 0.15) is 28.8 Å². The summed E-state index contributed by atoms with van der Waals surface area (Å²) in [6.07, 6.45) is 1.39. The maximum atomic E-state index is 12.0. The summed E-state index contributed by atoms with van der Waals surface area (Å²) < 4.78 is 25.2. The van der Waals surface area contributed by atoms with E-state index in [0.29, 0.717) is 18.5 Å². The Morgan fingerprint density at radius 1 is 1.33 bits per heavy atom. The molecular formula is C12H15NO4S. The van der Waals surface area contributed by atoms with Crippen molar-refractivity contribution in [3.05, 3.63) is 29.3 Å². The monoisotopic (exact) mass is 269 g/mol. The Labute approximate surface area is 106 Å². The van der Waals surface area contributed by atoms with Gasteiger partial charge in [0.25, 0.3) is 0 Å². The van der Waals surface area contributed by atoms with E-state index in [2.05, 4.69) is 0 Å². The molecule has 18 heavy (non-hydrogen) atoms. The Morgan fingerprint density at radius 3 is 2.67 bits per heavy atom. The normalized spacial score (nSPS) is 18.6. The van der Waals surface area contributed by atoms with Gasteiger partial charge in [-0.2, -0.15) is 0 Å². The first-order valence-corrected chi connectivity index (χ1v) is 7.38. The van der Waals surface area contributed by atoms with Crippen LogP contribution in [0.15, 0.2) is 18.2 Å². The number of anilines is 1. The van der Waals surface area contributed by atoms with Crippen molar-refractivity contribution in [2.24, 2.45) is 0 Å². The first-order chi connectivity index (χ1) is 8.43. The predicted octanol–water partition coefficient (Wildman–Crippen LogP) is 1.62. The molecule has 1 aromatic rings. The van der Waals surface area contributed by atoms with Gasteiger partial charge in [0.15, 0.2) is 0 Å². The van der Waals surface area contributed by atoms with Gasteiger partial charge in [-0.25, -0.2) is 13.2 Å². The molecular weight excluding hydrogens is 254 g/mol. The highest BCUT2D eigenvalue weighted by atomic mass is 32.2. The Balaban J connectivity index is 2.57. The molecule has 0 amide bonds. The number of hydrogen-bond donors (Lipinski definition) is 1. The van der Waals surface area contributed by atoms with Crippen molar-refractivity contribution in [1.82, 2.24) is 0 Å². The molecule has 1 aliphatic heterocycles. The van der Waals surface area contributed by atoms with Crippen molar-refractivity contribution in [2.45, 2.75) is 19.8 Å². The molecule has 6 heteroatoms. The van der Waals surface area contributed by atoms with E-state index in [9.17, 15) is 18.3 Å². The molecule has 1 N–H and O–H groups in total. The molecule has 5 nitrogen and oxygen atoms in total. The van der Waals surface area contributed by atoms with Gasteiger partial charge in [0.1, 0.15) is 0 Å². The summed E-state index contributed by atoms with van der Waals surface area (Å²) in [7, 11) is -3.38. The minimum atomic E-state index is -3.38. The Kier molecular flexibility index (Phi) is 3.30. The van der Waals surface area contributed by atoms with E-state index in [1.54, 1.807) is 25.1 Å². The highest BCUT2D eigenvalue weighted by Gasteiger charge is 2.29. The summed E-state index contributed by atoms with van der Waals surface area (Å²) in [4.78, 5) is 11.3. The lowest BCUT2D eigenvalue weighted by atomic mass is 10.1. The van der Waals surface area contributed by atoms with Gasteiger partial charge in [-0.15, -0.1) is 0 Å². The third-order valence-corrected chi connectivity index (χ3v) is 4.94. The zero-order valence-corrected chi connectivity index (χ0v) is 10.9. The van der Waals surface area contributed by atoms with Crippen molar-refractivity contribution >= 4 is 21.7 Å². The number of nitrogens with zero attached hydrogens (tertiary/aromatic N) is 1. The molecule has 0 aromatic heterocycles. The molecule has 0 radical (unpaired) electrons. The number of carboxylic acid groups (broad SMARTS) is 1. The summed E-state index contributed by atoms with van der Waals surface area (Å²) in [5.74, 6) is -1.01. The summed E-state index contributed by atoms with van der Waals surface area (Å²) >= 11 is 0. The number of carboxylic acids is 1. The van der Waals surface area contributed by atoms with E-state index < -0.39 is 16.0 Å². The van der Waals surface area contributed by atoms with Crippen LogP contribution in [-0.2, 0) is 10.0 Å². The van der Waals surface area contributed by atoms with Crippen molar-refractivity contribution in [3.63, 3.8) is 0 Å². The topological polar surface area (TPSA) is 74.7 Å². The lowest BCUT2D eigenvalue weighted by Crippen LogP contribution is -2.38. The number of rotatable bonds is 2. The van der Waals surface area contributed by atoms with Gasteiger partial charge < -0.3 is 5.11 Å². The number of benzene rings is 1. The van der Waals surface area contributed by atoms with Crippen LogP contribution in [0.2, 0.25) is 0 Å². The van der Waals surface area contributed by atoms with Crippen LogP contribution in [0.4, 0.5) is 5.69 Å². The van der Waals surface area contributed by atoms with Crippen molar-refractivity contribution in [2.75, 3.05) is 16.6 Å². The zero-order chi connectivity index (χ0) is 13.3. The van der Waals surface area contributed by atoms with Gasteiger partial charge in [-0.1, -0.05) is 12.1 Å². The van der Waals surface area contributed by atoms with Crippen LogP contribution in [0.5, 0.6) is 0 Å². The van der Waals surface area contributed by atoms with Gasteiger partial charge in [-0.3, -0.25) is 4.31 Å². The fourth-order valence-corrected chi connectivity index (χ4v) is 3.85. The summed E-state index contributed by atoms with van der Waals surface area (Å²) in [5, 5.41) is 9.23. The molecule has 0 atom stereocenters. The predicted molar refractivity (Wildman–Crippen MR) is 68.5 cm³/mol. The second-order valence-electron chi connectivity index (χ2n) is 4.37. The van der Waals surface area contributed by atoms with Crippen LogP contribution in [-0.4, -0.2) is 31.8 Å². The van der Waals surface area contributed by atoms with Gasteiger partial charge in [-0.05, 0) is 31.4 Å². The minimum absolute atomic E-state index is 0.0722. The third kappa shape index (κ3) is 2.20. The van der Waals surface area contributed by atoms with Crippen LogP contribution in [0.3, 0.4) is 0 Å². The highest BCUT2D eigenvalue weighted by Crippen LogP contribution is 2.29. The molecule has 0 unspecified atom stereocenters. The molecule has 0 bridgehead atoms. The van der Waals surface area contributed by atoms with Crippen molar-refractivity contribution in [1.29, 1.82) is 0 Å². The first-order valence-electron chi connectivity index (χ1n) is 5.77. The minimum Gasteiger partial charge on any atom is -0.478 e. The SMILES string of the molecule is Cc1cccc(N2CCCCS2(=O)=O)c1C(=O)O. The lowest BCUT2D eigenvalue weighted by Gasteiger charge is -2.29. The fourth-order valence-electron chi connectivity index (χ4n) is 2.20. The Morgan fingerprint density at radius 2 is 2.06 bits per heavy atom. The average molecular weight is 269 g/mol. The molecule has 0 spiro atoms. The number of sulfonamides is 1. The number of aromatic carboxylic acids is 1. The van der Waals surface area contributed by atoms with Crippen molar-refractivity contribution in [3.8, 4) is 0 Å².